The van der Waals surface area contributed by atoms with Crippen LogP contribution in [0.2, 0.25) is 0 Å². The zero-order valence-electron chi connectivity index (χ0n) is 11.0. The summed E-state index contributed by atoms with van der Waals surface area (Å²) in [6.45, 7) is 3.76. The second kappa shape index (κ2) is 4.70. The predicted octanol–water partition coefficient (Wildman–Crippen LogP) is 2.61. The van der Waals surface area contributed by atoms with Crippen molar-refractivity contribution in [1.82, 2.24) is 9.88 Å². The first kappa shape index (κ1) is 12.2. The van der Waals surface area contributed by atoms with Crippen LogP contribution in [0.3, 0.4) is 0 Å². The van der Waals surface area contributed by atoms with Gasteiger partial charge in [0.2, 0.25) is 0 Å². The lowest BCUT2D eigenvalue weighted by Gasteiger charge is -2.08. The second-order valence-electron chi connectivity index (χ2n) is 5.08. The number of aromatic nitrogens is 1. The van der Waals surface area contributed by atoms with Gasteiger partial charge in [-0.15, -0.1) is 0 Å². The first-order chi connectivity index (χ1) is 9.20. The normalized spacial score (nSPS) is 15.0. The lowest BCUT2D eigenvalue weighted by atomic mass is 10.1. The Labute approximate surface area is 112 Å². The van der Waals surface area contributed by atoms with Crippen molar-refractivity contribution in [1.29, 1.82) is 0 Å². The van der Waals surface area contributed by atoms with Gasteiger partial charge in [-0.1, -0.05) is 6.07 Å². The summed E-state index contributed by atoms with van der Waals surface area (Å²) in [7, 11) is 0. The zero-order valence-corrected chi connectivity index (χ0v) is 11.0. The largest absolute Gasteiger partial charge is 0.478 e. The molecule has 0 bridgehead atoms. The highest BCUT2D eigenvalue weighted by atomic mass is 16.4. The number of hydrogen-bond acceptors (Lipinski definition) is 2. The lowest BCUT2D eigenvalue weighted by molar-refractivity contribution is 0.0699. The SMILES string of the molecule is CCn1c(CNC2CC2)cc2c(C(=O)O)cccc21. The minimum absolute atomic E-state index is 0.386. The number of fused-ring (bicyclic) bond motifs is 1. The van der Waals surface area contributed by atoms with Gasteiger partial charge in [0.1, 0.15) is 0 Å². The first-order valence-corrected chi connectivity index (χ1v) is 6.78. The number of carbonyl (C=O) groups is 1. The fraction of sp³-hybridized carbons (Fsp3) is 0.400. The molecule has 2 N–H and O–H groups in total. The zero-order chi connectivity index (χ0) is 13.4. The Hall–Kier alpha value is -1.81. The molecule has 0 atom stereocenters. The summed E-state index contributed by atoms with van der Waals surface area (Å²) in [6, 6.07) is 8.14. The maximum absolute atomic E-state index is 11.3. The van der Waals surface area contributed by atoms with Crippen LogP contribution in [-0.2, 0) is 13.1 Å². The van der Waals surface area contributed by atoms with Crippen molar-refractivity contribution in [3.8, 4) is 0 Å². The Morgan fingerprint density at radius 1 is 1.47 bits per heavy atom. The van der Waals surface area contributed by atoms with E-state index >= 15 is 0 Å². The highest BCUT2D eigenvalue weighted by Gasteiger charge is 2.21. The summed E-state index contributed by atoms with van der Waals surface area (Å²) >= 11 is 0. The van der Waals surface area contributed by atoms with Crippen molar-refractivity contribution >= 4 is 16.9 Å². The summed E-state index contributed by atoms with van der Waals surface area (Å²) in [5.74, 6) is -0.861. The topological polar surface area (TPSA) is 54.3 Å². The van der Waals surface area contributed by atoms with Crippen molar-refractivity contribution in [2.75, 3.05) is 0 Å². The number of hydrogen-bond donors (Lipinski definition) is 2. The van der Waals surface area contributed by atoms with Gasteiger partial charge in [0, 0.05) is 35.7 Å². The van der Waals surface area contributed by atoms with Gasteiger partial charge in [0.05, 0.1) is 5.56 Å². The van der Waals surface area contributed by atoms with Gasteiger partial charge in [-0.2, -0.15) is 0 Å². The fourth-order valence-electron chi connectivity index (χ4n) is 2.58. The van der Waals surface area contributed by atoms with Gasteiger partial charge in [-0.25, -0.2) is 4.79 Å². The number of aryl methyl sites for hydroxylation is 1. The van der Waals surface area contributed by atoms with Crippen LogP contribution < -0.4 is 5.32 Å². The van der Waals surface area contributed by atoms with E-state index in [1.54, 1.807) is 6.07 Å². The number of nitrogens with one attached hydrogen (secondary N) is 1. The molecule has 0 saturated heterocycles. The number of benzene rings is 1. The third kappa shape index (κ3) is 2.24. The van der Waals surface area contributed by atoms with Crippen LogP contribution in [0.1, 0.15) is 35.8 Å². The Bertz CT molecular complexity index is 626. The van der Waals surface area contributed by atoms with Crippen LogP contribution in [0, 0.1) is 0 Å². The van der Waals surface area contributed by atoms with Crippen molar-refractivity contribution in [3.63, 3.8) is 0 Å². The Morgan fingerprint density at radius 3 is 2.89 bits per heavy atom. The van der Waals surface area contributed by atoms with Gasteiger partial charge in [-0.05, 0) is 38.0 Å². The highest BCUT2D eigenvalue weighted by Crippen LogP contribution is 2.25. The molecule has 1 fully saturated rings. The number of aromatic carboxylic acids is 1. The third-order valence-electron chi connectivity index (χ3n) is 3.73. The maximum Gasteiger partial charge on any atom is 0.336 e. The van der Waals surface area contributed by atoms with E-state index in [1.807, 2.05) is 18.2 Å². The van der Waals surface area contributed by atoms with E-state index in [9.17, 15) is 9.90 Å². The molecule has 0 spiro atoms. The first-order valence-electron chi connectivity index (χ1n) is 6.78. The van der Waals surface area contributed by atoms with Crippen molar-refractivity contribution in [2.24, 2.45) is 0 Å². The van der Waals surface area contributed by atoms with E-state index in [-0.39, 0.29) is 0 Å². The Kier molecular flexibility index (Phi) is 3.03. The average molecular weight is 258 g/mol. The molecule has 0 aliphatic heterocycles. The maximum atomic E-state index is 11.3. The van der Waals surface area contributed by atoms with Crippen LogP contribution in [0.5, 0.6) is 0 Å². The summed E-state index contributed by atoms with van der Waals surface area (Å²) in [5.41, 5.74) is 2.56. The van der Waals surface area contributed by atoms with Crippen molar-refractivity contribution < 1.29 is 9.90 Å². The summed E-state index contributed by atoms with van der Waals surface area (Å²) in [5, 5.41) is 13.6. The second-order valence-corrected chi connectivity index (χ2v) is 5.08. The van der Waals surface area contributed by atoms with Crippen molar-refractivity contribution in [3.05, 3.63) is 35.5 Å². The van der Waals surface area contributed by atoms with E-state index in [2.05, 4.69) is 16.8 Å². The molecule has 1 aromatic carbocycles. The number of nitrogens with zero attached hydrogens (tertiary/aromatic N) is 1. The quantitative estimate of drug-likeness (QED) is 0.866. The smallest absolute Gasteiger partial charge is 0.336 e. The van der Waals surface area contributed by atoms with Crippen LogP contribution in [-0.4, -0.2) is 21.7 Å². The summed E-state index contributed by atoms with van der Waals surface area (Å²) in [4.78, 5) is 11.3. The molecule has 3 rings (SSSR count). The minimum Gasteiger partial charge on any atom is -0.478 e. The molecule has 1 aliphatic carbocycles. The van der Waals surface area contributed by atoms with E-state index in [1.165, 1.54) is 12.8 Å². The molecule has 2 aromatic rings. The standard InChI is InChI=1S/C15H18N2O2/c1-2-17-11(9-16-10-6-7-10)8-13-12(15(18)19)4-3-5-14(13)17/h3-5,8,10,16H,2,6-7,9H2,1H3,(H,18,19). The average Bonchev–Trinajstić information content (AvgIpc) is 3.15. The lowest BCUT2D eigenvalue weighted by Crippen LogP contribution is -2.17. The number of carboxylic acids is 1. The van der Waals surface area contributed by atoms with Gasteiger partial charge in [0.25, 0.3) is 0 Å². The van der Waals surface area contributed by atoms with E-state index in [4.69, 9.17) is 0 Å². The molecule has 100 valence electrons. The molecule has 19 heavy (non-hydrogen) atoms. The number of carboxylic acid groups (broad SMARTS) is 1. The molecule has 4 nitrogen and oxygen atoms in total. The molecule has 0 radical (unpaired) electrons. The van der Waals surface area contributed by atoms with Gasteiger partial charge >= 0.3 is 5.97 Å². The monoisotopic (exact) mass is 258 g/mol. The molecule has 4 heteroatoms. The molecule has 1 aromatic heterocycles. The summed E-state index contributed by atoms with van der Waals surface area (Å²) in [6.07, 6.45) is 2.51. The summed E-state index contributed by atoms with van der Waals surface area (Å²) < 4.78 is 2.19. The molecule has 1 saturated carbocycles. The van der Waals surface area contributed by atoms with E-state index in [0.29, 0.717) is 11.6 Å². The molecular weight excluding hydrogens is 240 g/mol. The molecular formula is C15H18N2O2. The molecule has 1 heterocycles. The van der Waals surface area contributed by atoms with Gasteiger partial charge in [-0.3, -0.25) is 0 Å². The Balaban J connectivity index is 2.05. The van der Waals surface area contributed by atoms with Gasteiger partial charge < -0.3 is 15.0 Å². The van der Waals surface area contributed by atoms with Crippen LogP contribution in [0.15, 0.2) is 24.3 Å². The predicted molar refractivity (Wildman–Crippen MR) is 74.4 cm³/mol. The van der Waals surface area contributed by atoms with E-state index in [0.717, 1.165) is 29.7 Å². The highest BCUT2D eigenvalue weighted by molar-refractivity contribution is 6.03. The third-order valence-corrected chi connectivity index (χ3v) is 3.73. The van der Waals surface area contributed by atoms with Crippen molar-refractivity contribution in [2.45, 2.75) is 38.9 Å². The Morgan fingerprint density at radius 2 is 2.26 bits per heavy atom. The molecule has 1 aliphatic rings. The van der Waals surface area contributed by atoms with Gasteiger partial charge in [0.15, 0.2) is 0 Å². The van der Waals surface area contributed by atoms with Crippen LogP contribution in [0.25, 0.3) is 10.9 Å². The van der Waals surface area contributed by atoms with Crippen LogP contribution in [0.4, 0.5) is 0 Å². The molecule has 0 amide bonds. The van der Waals surface area contributed by atoms with Crippen LogP contribution >= 0.6 is 0 Å². The van der Waals surface area contributed by atoms with E-state index < -0.39 is 5.97 Å². The number of rotatable bonds is 5. The minimum atomic E-state index is -0.861. The molecule has 0 unspecified atom stereocenters. The fourth-order valence-corrected chi connectivity index (χ4v) is 2.58.